The van der Waals surface area contributed by atoms with Crippen LogP contribution < -0.4 is 10.2 Å². The van der Waals surface area contributed by atoms with Crippen molar-refractivity contribution in [3.63, 3.8) is 0 Å². The van der Waals surface area contributed by atoms with Crippen molar-refractivity contribution in [2.75, 3.05) is 5.43 Å². The lowest BCUT2D eigenvalue weighted by molar-refractivity contribution is 0.0847. The van der Waals surface area contributed by atoms with Crippen LogP contribution in [0.2, 0.25) is 0 Å². The Hall–Kier alpha value is -2.22. The van der Waals surface area contributed by atoms with E-state index >= 15 is 0 Å². The van der Waals surface area contributed by atoms with Crippen LogP contribution in [0.1, 0.15) is 39.7 Å². The fourth-order valence-corrected chi connectivity index (χ4v) is 3.63. The van der Waals surface area contributed by atoms with Gasteiger partial charge >= 0.3 is 10.2 Å². The molecule has 24 heavy (non-hydrogen) atoms. The van der Waals surface area contributed by atoms with Crippen LogP contribution in [-0.4, -0.2) is 31.2 Å². The van der Waals surface area contributed by atoms with Crippen molar-refractivity contribution >= 4 is 33.0 Å². The molecule has 2 heterocycles. The Labute approximate surface area is 141 Å². The smallest absolute Gasteiger partial charge is 0.363 e. The first-order valence-corrected chi connectivity index (χ1v) is 9.09. The Morgan fingerprint density at radius 1 is 1.21 bits per heavy atom. The number of aryl methyl sites for hydroxylation is 1. The number of fused-ring (bicyclic) bond motifs is 1. The first-order chi connectivity index (χ1) is 11.2. The highest BCUT2D eigenvalue weighted by molar-refractivity contribution is 7.89. The molecule has 0 aliphatic carbocycles. The third-order valence-electron chi connectivity index (χ3n) is 3.93. The molecule has 2 aliphatic rings. The quantitative estimate of drug-likeness (QED) is 0.832. The van der Waals surface area contributed by atoms with Crippen molar-refractivity contribution in [3.05, 3.63) is 23.8 Å². The molecule has 0 saturated carbocycles. The molecule has 8 heteroatoms. The number of hydrazone groups is 1. The van der Waals surface area contributed by atoms with Crippen molar-refractivity contribution in [3.8, 4) is 5.75 Å². The number of ether oxygens (including phenoxy) is 1. The van der Waals surface area contributed by atoms with Crippen molar-refractivity contribution < 1.29 is 13.2 Å². The van der Waals surface area contributed by atoms with Gasteiger partial charge in [0, 0.05) is 0 Å². The van der Waals surface area contributed by atoms with Gasteiger partial charge in [-0.2, -0.15) is 13.5 Å². The van der Waals surface area contributed by atoms with Crippen LogP contribution in [0.5, 0.6) is 5.75 Å². The summed E-state index contributed by atoms with van der Waals surface area (Å²) in [5.41, 5.74) is 5.80. The molecule has 3 rings (SSSR count). The van der Waals surface area contributed by atoms with E-state index in [-0.39, 0.29) is 5.60 Å². The normalized spacial score (nSPS) is 21.1. The third-order valence-corrected chi connectivity index (χ3v) is 4.94. The number of anilines is 1. The van der Waals surface area contributed by atoms with Gasteiger partial charge in [0.1, 0.15) is 17.1 Å². The van der Waals surface area contributed by atoms with Gasteiger partial charge in [0.25, 0.3) is 0 Å². The monoisotopic (exact) mass is 348 g/mol. The van der Waals surface area contributed by atoms with E-state index in [1.807, 2.05) is 18.2 Å². The molecule has 1 N–H and O–H groups in total. The number of nitrogens with one attached hydrogen (secondary N) is 1. The van der Waals surface area contributed by atoms with Gasteiger partial charge in [-0.05, 0) is 64.3 Å². The lowest BCUT2D eigenvalue weighted by Crippen LogP contribution is -2.32. The Morgan fingerprint density at radius 3 is 2.54 bits per heavy atom. The number of hydrogen-bond acceptors (Lipinski definition) is 5. The minimum absolute atomic E-state index is 0.142. The highest BCUT2D eigenvalue weighted by Crippen LogP contribution is 2.34. The van der Waals surface area contributed by atoms with Crippen LogP contribution in [-0.2, 0) is 16.6 Å². The summed E-state index contributed by atoms with van der Waals surface area (Å²) in [6.45, 7) is 7.35. The van der Waals surface area contributed by atoms with E-state index in [4.69, 9.17) is 4.74 Å². The van der Waals surface area contributed by atoms with Gasteiger partial charge in [0.2, 0.25) is 0 Å². The minimum atomic E-state index is -3.77. The predicted molar refractivity (Wildman–Crippen MR) is 95.7 cm³/mol. The molecular formula is C16H20N4O3S. The first kappa shape index (κ1) is 16.6. The standard InChI is InChI=1S/C16H20N4O3S/c1-10-15(11(2)20-24(21,22)19-10)18-17-13-5-6-14-12(9-13)7-8-16(3,4)23-14/h5-6,9,17H,7-8H2,1-4H3. The molecule has 0 saturated heterocycles. The Kier molecular flexibility index (Phi) is 3.95. The van der Waals surface area contributed by atoms with Gasteiger partial charge in [-0.3, -0.25) is 5.43 Å². The molecule has 0 amide bonds. The summed E-state index contributed by atoms with van der Waals surface area (Å²) >= 11 is 0. The number of benzene rings is 1. The maximum Gasteiger partial charge on any atom is 0.363 e. The summed E-state index contributed by atoms with van der Waals surface area (Å²) in [7, 11) is -3.77. The SMILES string of the molecule is CC1=NS(=O)(=O)N=C(C)C1=NNc1ccc2c(c1)CCC(C)(C)O2. The van der Waals surface area contributed by atoms with E-state index in [0.29, 0.717) is 17.1 Å². The summed E-state index contributed by atoms with van der Waals surface area (Å²) in [6, 6.07) is 5.79. The van der Waals surface area contributed by atoms with Crippen molar-refractivity contribution in [2.45, 2.75) is 46.1 Å². The lowest BCUT2D eigenvalue weighted by atomic mass is 9.94. The Bertz CT molecular complexity index is 855. The molecule has 2 aliphatic heterocycles. The maximum absolute atomic E-state index is 11.4. The van der Waals surface area contributed by atoms with E-state index in [1.54, 1.807) is 13.8 Å². The van der Waals surface area contributed by atoms with E-state index < -0.39 is 10.2 Å². The zero-order chi connectivity index (χ0) is 17.5. The van der Waals surface area contributed by atoms with Crippen molar-refractivity contribution in [1.29, 1.82) is 0 Å². The molecule has 0 radical (unpaired) electrons. The maximum atomic E-state index is 11.4. The van der Waals surface area contributed by atoms with Gasteiger partial charge in [-0.25, -0.2) is 0 Å². The lowest BCUT2D eigenvalue weighted by Gasteiger charge is -2.32. The Morgan fingerprint density at radius 2 is 1.88 bits per heavy atom. The molecule has 1 aromatic carbocycles. The van der Waals surface area contributed by atoms with E-state index in [1.165, 1.54) is 0 Å². The summed E-state index contributed by atoms with van der Waals surface area (Å²) < 4.78 is 35.9. The molecule has 0 bridgehead atoms. The van der Waals surface area contributed by atoms with Crippen LogP contribution in [0.4, 0.5) is 5.69 Å². The fourth-order valence-electron chi connectivity index (χ4n) is 2.73. The first-order valence-electron chi connectivity index (χ1n) is 7.70. The second kappa shape index (κ2) is 5.70. The van der Waals surface area contributed by atoms with E-state index in [2.05, 4.69) is 33.2 Å². The van der Waals surface area contributed by atoms with Gasteiger partial charge in [-0.15, -0.1) is 8.80 Å². The van der Waals surface area contributed by atoms with Gasteiger partial charge in [-0.1, -0.05) is 0 Å². The molecule has 0 spiro atoms. The fraction of sp³-hybridized carbons (Fsp3) is 0.438. The molecular weight excluding hydrogens is 328 g/mol. The second-order valence-corrected chi connectivity index (χ2v) is 7.82. The average molecular weight is 348 g/mol. The van der Waals surface area contributed by atoms with Gasteiger partial charge < -0.3 is 4.74 Å². The molecule has 0 aromatic heterocycles. The third kappa shape index (κ3) is 3.48. The molecule has 128 valence electrons. The largest absolute Gasteiger partial charge is 0.488 e. The predicted octanol–water partition coefficient (Wildman–Crippen LogP) is 2.74. The van der Waals surface area contributed by atoms with Crippen LogP contribution in [0.3, 0.4) is 0 Å². The van der Waals surface area contributed by atoms with Crippen molar-refractivity contribution in [2.24, 2.45) is 13.9 Å². The van der Waals surface area contributed by atoms with Gasteiger partial charge in [0.05, 0.1) is 17.1 Å². The van der Waals surface area contributed by atoms with E-state index in [9.17, 15) is 8.42 Å². The molecule has 0 atom stereocenters. The molecule has 0 unspecified atom stereocenters. The zero-order valence-corrected chi connectivity index (χ0v) is 14.9. The average Bonchev–Trinajstić information content (AvgIpc) is 2.44. The van der Waals surface area contributed by atoms with Crippen LogP contribution >= 0.6 is 0 Å². The number of rotatable bonds is 2. The molecule has 0 fully saturated rings. The van der Waals surface area contributed by atoms with Crippen LogP contribution in [0.15, 0.2) is 32.1 Å². The summed E-state index contributed by atoms with van der Waals surface area (Å²) in [6.07, 6.45) is 1.89. The Balaban J connectivity index is 1.82. The topological polar surface area (TPSA) is 92.5 Å². The highest BCUT2D eigenvalue weighted by Gasteiger charge is 2.26. The summed E-state index contributed by atoms with van der Waals surface area (Å²) in [4.78, 5) is 0. The minimum Gasteiger partial charge on any atom is -0.488 e. The number of nitrogens with zero attached hydrogens (tertiary/aromatic N) is 3. The molecule has 7 nitrogen and oxygen atoms in total. The number of hydrogen-bond donors (Lipinski definition) is 1. The molecule has 1 aromatic rings. The van der Waals surface area contributed by atoms with Crippen LogP contribution in [0.25, 0.3) is 0 Å². The highest BCUT2D eigenvalue weighted by atomic mass is 32.2. The van der Waals surface area contributed by atoms with E-state index in [0.717, 1.165) is 29.8 Å². The van der Waals surface area contributed by atoms with Gasteiger partial charge in [0.15, 0.2) is 0 Å². The zero-order valence-electron chi connectivity index (χ0n) is 14.1. The second-order valence-electron chi connectivity index (χ2n) is 6.56. The van der Waals surface area contributed by atoms with Crippen LogP contribution in [0, 0.1) is 0 Å². The summed E-state index contributed by atoms with van der Waals surface area (Å²) in [5.74, 6) is 0.892. The van der Waals surface area contributed by atoms with Crippen molar-refractivity contribution in [1.82, 2.24) is 0 Å². The summed E-state index contributed by atoms with van der Waals surface area (Å²) in [5, 5.41) is 4.26.